The summed E-state index contributed by atoms with van der Waals surface area (Å²) in [5.74, 6) is 4.48. The van der Waals surface area contributed by atoms with Crippen molar-refractivity contribution >= 4 is 76.2 Å². The summed E-state index contributed by atoms with van der Waals surface area (Å²) in [4.78, 5) is 15.2. The van der Waals surface area contributed by atoms with Gasteiger partial charge in [0.2, 0.25) is 0 Å². The summed E-state index contributed by atoms with van der Waals surface area (Å²) in [6.45, 7) is 0. The van der Waals surface area contributed by atoms with Gasteiger partial charge in [-0.1, -0.05) is 413 Å². The first kappa shape index (κ1) is 88.1. The van der Waals surface area contributed by atoms with Crippen molar-refractivity contribution in [3.8, 4) is 169 Å². The summed E-state index contributed by atoms with van der Waals surface area (Å²) >= 11 is 0. The Morgan fingerprint density at radius 1 is 0.122 bits per heavy atom. The highest BCUT2D eigenvalue weighted by molar-refractivity contribution is 6.13. The standard InChI is InChI=1S/C56H38N4.C42H28N4.C38H26N4/c1-5-15-39(16-6-1)43-23-13-25-45(35-43)47-27-33-53-51(37-47)52-38-48(46-26-14-24-44(36-46)40-17-7-2-8-18-40)28-34-54(52)59(53)49-29-31-50(32-30-49)60-56(42-21-11-4-12-22-42)57-55(58-60)41-19-9-3-10-20-41;1-2-11-31(12-3-1)41-43-42(32-21-18-30(19-22-32)34-23-20-29-10-4-5-13-33(29)28-34)46(44-41)36-26-24-35(25-27-36)45-39-16-8-6-14-37(39)38-15-7-9-17-40(38)45;1-3-12-27(13-4-1)29-16-11-17-30(26-29)38-39-37(28-14-5-2-6-15-28)40-42(38)32-24-22-31(23-25-32)41-35-20-9-7-18-33(35)34-19-8-10-21-36(34)41/h1-38H;1-28H;1-26H. The maximum atomic E-state index is 5.07. The zero-order valence-corrected chi connectivity index (χ0v) is 80.5. The second-order valence-corrected chi connectivity index (χ2v) is 37.0. The maximum absolute atomic E-state index is 5.07. The van der Waals surface area contributed by atoms with Crippen LogP contribution in [0, 0.1) is 0 Å². The Kier molecular flexibility index (Phi) is 23.1. The van der Waals surface area contributed by atoms with E-state index in [1.54, 1.807) is 0 Å². The molecule has 28 rings (SSSR count). The van der Waals surface area contributed by atoms with Gasteiger partial charge in [0.1, 0.15) is 0 Å². The quantitative estimate of drug-likeness (QED) is 0.0847. The fourth-order valence-corrected chi connectivity index (χ4v) is 20.7. The molecule has 22 aromatic carbocycles. The fraction of sp³-hybridized carbons (Fsp3) is 0. The normalized spacial score (nSPS) is 11.4. The summed E-state index contributed by atoms with van der Waals surface area (Å²) in [5, 5.41) is 25.0. The van der Waals surface area contributed by atoms with Crippen LogP contribution in [0.1, 0.15) is 0 Å². The molecule has 6 heterocycles. The third-order valence-corrected chi connectivity index (χ3v) is 28.0. The smallest absolute Gasteiger partial charge is 0.182 e. The minimum absolute atomic E-state index is 0.691. The van der Waals surface area contributed by atoms with Crippen molar-refractivity contribution in [3.05, 3.63) is 558 Å². The van der Waals surface area contributed by atoms with E-state index in [-0.39, 0.29) is 0 Å². The number of hydrogen-bond donors (Lipinski definition) is 0. The Labute approximate surface area is 855 Å². The minimum Gasteiger partial charge on any atom is -0.309 e. The highest BCUT2D eigenvalue weighted by Crippen LogP contribution is 2.43. The van der Waals surface area contributed by atoms with Crippen molar-refractivity contribution in [1.82, 2.24) is 58.0 Å². The number of benzene rings is 22. The van der Waals surface area contributed by atoms with E-state index in [9.17, 15) is 0 Å². The Morgan fingerprint density at radius 2 is 0.338 bits per heavy atom. The number of para-hydroxylation sites is 4. The van der Waals surface area contributed by atoms with E-state index in [0.29, 0.717) is 17.5 Å². The zero-order chi connectivity index (χ0) is 98.2. The van der Waals surface area contributed by atoms with E-state index in [1.807, 2.05) is 92.9 Å². The van der Waals surface area contributed by atoms with Gasteiger partial charge in [0.15, 0.2) is 34.9 Å². The van der Waals surface area contributed by atoms with Crippen molar-refractivity contribution in [2.24, 2.45) is 0 Å². The average molecular weight is 1890 g/mol. The maximum Gasteiger partial charge on any atom is 0.182 e. The molecule has 0 atom stereocenters. The third kappa shape index (κ3) is 17.0. The lowest BCUT2D eigenvalue weighted by molar-refractivity contribution is 0.889. The molecule has 148 heavy (non-hydrogen) atoms. The van der Waals surface area contributed by atoms with Crippen LogP contribution in [0.4, 0.5) is 0 Å². The number of aromatic nitrogens is 12. The Bertz CT molecular complexity index is 9470. The van der Waals surface area contributed by atoms with Gasteiger partial charge in [0.25, 0.3) is 0 Å². The van der Waals surface area contributed by atoms with Gasteiger partial charge in [-0.2, -0.15) is 0 Å². The molecular weight excluding hydrogens is 1800 g/mol. The van der Waals surface area contributed by atoms with Crippen LogP contribution in [0.25, 0.3) is 245 Å². The van der Waals surface area contributed by atoms with E-state index >= 15 is 0 Å². The molecule has 0 aliphatic carbocycles. The monoisotopic (exact) mass is 1890 g/mol. The summed E-state index contributed by atoms with van der Waals surface area (Å²) in [7, 11) is 0. The van der Waals surface area contributed by atoms with Crippen molar-refractivity contribution < 1.29 is 0 Å². The molecule has 0 saturated carbocycles. The molecule has 0 saturated heterocycles. The number of nitrogens with zero attached hydrogens (tertiary/aromatic N) is 12. The molecule has 0 spiro atoms. The zero-order valence-electron chi connectivity index (χ0n) is 80.5. The molecule has 0 N–H and O–H groups in total. The van der Waals surface area contributed by atoms with Gasteiger partial charge in [-0.3, -0.25) is 0 Å². The van der Waals surface area contributed by atoms with Gasteiger partial charge in [0.05, 0.1) is 50.2 Å². The van der Waals surface area contributed by atoms with Crippen molar-refractivity contribution in [2.45, 2.75) is 0 Å². The molecule has 0 unspecified atom stereocenters. The van der Waals surface area contributed by atoms with Crippen LogP contribution >= 0.6 is 0 Å². The topological polar surface area (TPSA) is 107 Å². The summed E-state index contributed by atoms with van der Waals surface area (Å²) in [5.41, 5.74) is 33.4. The lowest BCUT2D eigenvalue weighted by Gasteiger charge is -2.11. The fourth-order valence-electron chi connectivity index (χ4n) is 20.7. The SMILES string of the molecule is c1ccc(-c2cccc(-c3ccc4c(c3)c3cc(-c5cccc(-c6ccccc6)c5)ccc3n4-c3ccc(-n4nc(-c5ccccc5)nc4-c4ccccc4)cc3)c2)cc1.c1ccc(-c2cccc(-c3nc(-c4ccccc4)nn3-c3ccc(-n4c5ccccc5c5ccccc54)cc3)c2)cc1.c1ccc(-c2nc(-c3ccc(-c4ccc5ccccc5c4)cc3)n(-c3ccc(-n4c5ccccc5c5ccccc54)cc3)n2)cc1. The molecule has 12 nitrogen and oxygen atoms in total. The van der Waals surface area contributed by atoms with Crippen LogP contribution in [0.5, 0.6) is 0 Å². The van der Waals surface area contributed by atoms with Crippen molar-refractivity contribution in [2.75, 3.05) is 0 Å². The molecule has 0 amide bonds. The van der Waals surface area contributed by atoms with Gasteiger partial charge < -0.3 is 13.7 Å². The van der Waals surface area contributed by atoms with Gasteiger partial charge in [0, 0.05) is 82.8 Å². The lowest BCUT2D eigenvalue weighted by Crippen LogP contribution is -2.01. The largest absolute Gasteiger partial charge is 0.309 e. The second kappa shape index (κ2) is 38.7. The first-order valence-electron chi connectivity index (χ1n) is 49.9. The highest BCUT2D eigenvalue weighted by atomic mass is 15.4. The van der Waals surface area contributed by atoms with E-state index in [4.69, 9.17) is 30.2 Å². The molecule has 0 aliphatic rings. The minimum atomic E-state index is 0.691. The molecule has 0 radical (unpaired) electrons. The van der Waals surface area contributed by atoms with Gasteiger partial charge >= 0.3 is 0 Å². The molecule has 12 heteroatoms. The molecule has 0 fully saturated rings. The first-order chi connectivity index (χ1) is 73.4. The predicted molar refractivity (Wildman–Crippen MR) is 610 cm³/mol. The first-order valence-corrected chi connectivity index (χ1v) is 49.9. The molecule has 0 bridgehead atoms. The molecule has 6 aromatic heterocycles. The molecule has 28 aromatic rings. The molecular formula is C136H92N12. The highest BCUT2D eigenvalue weighted by Gasteiger charge is 2.25. The van der Waals surface area contributed by atoms with Crippen LogP contribution in [-0.4, -0.2) is 58.0 Å². The third-order valence-electron chi connectivity index (χ3n) is 28.0. The molecule has 0 aliphatic heterocycles. The predicted octanol–water partition coefficient (Wildman–Crippen LogP) is 34.3. The van der Waals surface area contributed by atoms with E-state index in [0.717, 1.165) is 102 Å². The molecule has 696 valence electrons. The Morgan fingerprint density at radius 3 is 0.689 bits per heavy atom. The van der Waals surface area contributed by atoms with E-state index in [2.05, 4.69) is 493 Å². The average Bonchev–Trinajstić information content (AvgIpc) is 1.58. The van der Waals surface area contributed by atoms with Crippen molar-refractivity contribution in [3.63, 3.8) is 0 Å². The summed E-state index contributed by atoms with van der Waals surface area (Å²) in [6, 6.07) is 196. The van der Waals surface area contributed by atoms with Crippen LogP contribution in [-0.2, 0) is 0 Å². The van der Waals surface area contributed by atoms with E-state index in [1.165, 1.54) is 126 Å². The van der Waals surface area contributed by atoms with Crippen LogP contribution in [0.3, 0.4) is 0 Å². The van der Waals surface area contributed by atoms with Crippen LogP contribution in [0.2, 0.25) is 0 Å². The number of rotatable bonds is 18. The van der Waals surface area contributed by atoms with Crippen LogP contribution in [0.15, 0.2) is 558 Å². The van der Waals surface area contributed by atoms with Gasteiger partial charge in [-0.25, -0.2) is 29.0 Å². The summed E-state index contributed by atoms with van der Waals surface area (Å²) < 4.78 is 12.9. The second-order valence-electron chi connectivity index (χ2n) is 37.0. The van der Waals surface area contributed by atoms with Gasteiger partial charge in [-0.05, 0) is 223 Å². The number of hydrogen-bond acceptors (Lipinski definition) is 6. The van der Waals surface area contributed by atoms with Crippen molar-refractivity contribution in [1.29, 1.82) is 0 Å². The summed E-state index contributed by atoms with van der Waals surface area (Å²) in [6.07, 6.45) is 0. The Balaban J connectivity index is 0.000000115. The lowest BCUT2D eigenvalue weighted by atomic mass is 9.96. The van der Waals surface area contributed by atoms with E-state index < -0.39 is 0 Å². The van der Waals surface area contributed by atoms with Gasteiger partial charge in [-0.15, -0.1) is 15.3 Å². The Hall–Kier alpha value is -20.1. The number of fused-ring (bicyclic) bond motifs is 10. The van der Waals surface area contributed by atoms with Crippen LogP contribution < -0.4 is 0 Å².